The lowest BCUT2D eigenvalue weighted by atomic mass is 10.1. The monoisotopic (exact) mass is 364 g/mol. The third kappa shape index (κ3) is 4.33. The molecule has 2 aromatic carbocycles. The lowest BCUT2D eigenvalue weighted by molar-refractivity contribution is 0.0953. The van der Waals surface area contributed by atoms with Crippen LogP contribution in [0.3, 0.4) is 0 Å². The highest BCUT2D eigenvalue weighted by atomic mass is 79.9. The van der Waals surface area contributed by atoms with E-state index in [1.807, 2.05) is 17.8 Å². The molecule has 0 fully saturated rings. The fraction of sp³-hybridized carbons (Fsp3) is 0.188. The van der Waals surface area contributed by atoms with Crippen molar-refractivity contribution in [2.75, 3.05) is 0 Å². The first-order chi connectivity index (χ1) is 10.1. The first-order valence-electron chi connectivity index (χ1n) is 6.53. The van der Waals surface area contributed by atoms with Gasteiger partial charge in [-0.3, -0.25) is 10.2 Å². The third-order valence-electron chi connectivity index (χ3n) is 3.22. The van der Waals surface area contributed by atoms with Gasteiger partial charge in [0.15, 0.2) is 0 Å². The van der Waals surface area contributed by atoms with Crippen molar-refractivity contribution >= 4 is 33.6 Å². The van der Waals surface area contributed by atoms with Crippen molar-refractivity contribution in [3.63, 3.8) is 0 Å². The standard InChI is InChI=1S/C16H17BrN2OS/c1-11-4-2-3-5-13(11)9-21-10-14-7-6-12(8-15(14)17)16(20)19-18/h2-8H,9-10,18H2,1H3,(H,19,20). The predicted octanol–water partition coefficient (Wildman–Crippen LogP) is 3.79. The number of halogens is 1. The molecule has 0 aliphatic rings. The highest BCUT2D eigenvalue weighted by molar-refractivity contribution is 9.10. The number of nitrogen functional groups attached to an aromatic ring is 1. The Kier molecular flexibility index (Phi) is 5.85. The van der Waals surface area contributed by atoms with Gasteiger partial charge in [-0.1, -0.05) is 46.3 Å². The molecule has 5 heteroatoms. The summed E-state index contributed by atoms with van der Waals surface area (Å²) < 4.78 is 0.931. The number of rotatable bonds is 5. The number of nitrogens with one attached hydrogen (secondary N) is 1. The minimum atomic E-state index is -0.283. The van der Waals surface area contributed by atoms with Crippen LogP contribution >= 0.6 is 27.7 Å². The number of hydrogen-bond acceptors (Lipinski definition) is 3. The van der Waals surface area contributed by atoms with E-state index in [4.69, 9.17) is 5.84 Å². The van der Waals surface area contributed by atoms with Crippen molar-refractivity contribution in [1.82, 2.24) is 5.43 Å². The maximum atomic E-state index is 11.5. The zero-order valence-electron chi connectivity index (χ0n) is 11.7. The van der Waals surface area contributed by atoms with E-state index in [0.717, 1.165) is 16.0 Å². The van der Waals surface area contributed by atoms with E-state index in [-0.39, 0.29) is 5.91 Å². The predicted molar refractivity (Wildman–Crippen MR) is 92.0 cm³/mol. The number of nitrogens with two attached hydrogens (primary N) is 1. The number of carbonyl (C=O) groups excluding carboxylic acids is 1. The molecule has 110 valence electrons. The maximum Gasteiger partial charge on any atom is 0.265 e. The molecule has 1 amide bonds. The van der Waals surface area contributed by atoms with Crippen LogP contribution in [0.25, 0.3) is 0 Å². The smallest absolute Gasteiger partial charge is 0.265 e. The average molecular weight is 365 g/mol. The lowest BCUT2D eigenvalue weighted by Crippen LogP contribution is -2.29. The molecule has 2 rings (SSSR count). The van der Waals surface area contributed by atoms with Crippen LogP contribution in [-0.4, -0.2) is 5.91 Å². The summed E-state index contributed by atoms with van der Waals surface area (Å²) in [5, 5.41) is 0. The van der Waals surface area contributed by atoms with Gasteiger partial charge in [-0.05, 0) is 35.7 Å². The topological polar surface area (TPSA) is 55.1 Å². The molecule has 0 heterocycles. The van der Waals surface area contributed by atoms with E-state index in [9.17, 15) is 4.79 Å². The minimum absolute atomic E-state index is 0.283. The van der Waals surface area contributed by atoms with E-state index in [1.54, 1.807) is 12.1 Å². The maximum absolute atomic E-state index is 11.5. The van der Waals surface area contributed by atoms with Gasteiger partial charge in [-0.15, -0.1) is 0 Å². The first kappa shape index (κ1) is 16.1. The summed E-state index contributed by atoms with van der Waals surface area (Å²) in [6, 6.07) is 14.0. The van der Waals surface area contributed by atoms with Crippen LogP contribution < -0.4 is 11.3 Å². The number of thioether (sulfide) groups is 1. The van der Waals surface area contributed by atoms with Gasteiger partial charge in [-0.2, -0.15) is 11.8 Å². The fourth-order valence-corrected chi connectivity index (χ4v) is 3.75. The summed E-state index contributed by atoms with van der Waals surface area (Å²) in [6.45, 7) is 2.13. The average Bonchev–Trinajstić information content (AvgIpc) is 2.50. The van der Waals surface area contributed by atoms with Gasteiger partial charge in [0.05, 0.1) is 0 Å². The number of carbonyl (C=O) groups is 1. The Morgan fingerprint density at radius 2 is 1.90 bits per heavy atom. The lowest BCUT2D eigenvalue weighted by Gasteiger charge is -2.08. The van der Waals surface area contributed by atoms with Crippen LogP contribution in [0.5, 0.6) is 0 Å². The SMILES string of the molecule is Cc1ccccc1CSCc1ccc(C(=O)NN)cc1Br. The molecule has 0 aliphatic carbocycles. The molecule has 0 radical (unpaired) electrons. The molecule has 0 aromatic heterocycles. The molecule has 0 saturated heterocycles. The van der Waals surface area contributed by atoms with E-state index in [1.165, 1.54) is 16.7 Å². The normalized spacial score (nSPS) is 10.4. The Bertz CT molecular complexity index is 646. The Hall–Kier alpha value is -1.30. The Balaban J connectivity index is 1.98. The van der Waals surface area contributed by atoms with Crippen molar-refractivity contribution in [2.45, 2.75) is 18.4 Å². The molecule has 3 nitrogen and oxygen atoms in total. The summed E-state index contributed by atoms with van der Waals surface area (Å²) in [5.41, 5.74) is 6.53. The second-order valence-electron chi connectivity index (χ2n) is 4.70. The van der Waals surface area contributed by atoms with E-state index < -0.39 is 0 Å². The largest absolute Gasteiger partial charge is 0.290 e. The Morgan fingerprint density at radius 3 is 2.57 bits per heavy atom. The number of aryl methyl sites for hydroxylation is 1. The molecule has 0 bridgehead atoms. The molecule has 0 saturated carbocycles. The van der Waals surface area contributed by atoms with Crippen LogP contribution in [0, 0.1) is 6.92 Å². The van der Waals surface area contributed by atoms with Crippen molar-refractivity contribution in [3.05, 3.63) is 69.2 Å². The van der Waals surface area contributed by atoms with Crippen LogP contribution in [-0.2, 0) is 11.5 Å². The molecule has 21 heavy (non-hydrogen) atoms. The first-order valence-corrected chi connectivity index (χ1v) is 8.48. The van der Waals surface area contributed by atoms with Gasteiger partial charge in [0.1, 0.15) is 0 Å². The van der Waals surface area contributed by atoms with E-state index in [2.05, 4.69) is 52.5 Å². The summed E-state index contributed by atoms with van der Waals surface area (Å²) in [5.74, 6) is 6.71. The molecule has 2 aromatic rings. The summed E-state index contributed by atoms with van der Waals surface area (Å²) in [6.07, 6.45) is 0. The summed E-state index contributed by atoms with van der Waals surface area (Å²) in [4.78, 5) is 11.5. The Morgan fingerprint density at radius 1 is 1.19 bits per heavy atom. The zero-order valence-corrected chi connectivity index (χ0v) is 14.1. The molecule has 0 unspecified atom stereocenters. The zero-order chi connectivity index (χ0) is 15.2. The van der Waals surface area contributed by atoms with Crippen LogP contribution in [0.1, 0.15) is 27.0 Å². The van der Waals surface area contributed by atoms with Crippen molar-refractivity contribution in [1.29, 1.82) is 0 Å². The number of hydrogen-bond donors (Lipinski definition) is 2. The van der Waals surface area contributed by atoms with E-state index >= 15 is 0 Å². The van der Waals surface area contributed by atoms with Crippen LogP contribution in [0.4, 0.5) is 0 Å². The number of amides is 1. The van der Waals surface area contributed by atoms with Crippen molar-refractivity contribution in [3.8, 4) is 0 Å². The molecule has 0 atom stereocenters. The summed E-state index contributed by atoms with van der Waals surface area (Å²) in [7, 11) is 0. The van der Waals surface area contributed by atoms with Crippen LogP contribution in [0.2, 0.25) is 0 Å². The number of benzene rings is 2. The third-order valence-corrected chi connectivity index (χ3v) is 4.99. The molecule has 0 aliphatic heterocycles. The van der Waals surface area contributed by atoms with Gasteiger partial charge >= 0.3 is 0 Å². The van der Waals surface area contributed by atoms with Crippen molar-refractivity contribution in [2.24, 2.45) is 5.84 Å². The number of hydrazine groups is 1. The summed E-state index contributed by atoms with van der Waals surface area (Å²) >= 11 is 5.36. The highest BCUT2D eigenvalue weighted by Gasteiger charge is 2.07. The quantitative estimate of drug-likeness (QED) is 0.482. The fourth-order valence-electron chi connectivity index (χ4n) is 1.93. The Labute approximate surface area is 137 Å². The van der Waals surface area contributed by atoms with Crippen LogP contribution in [0.15, 0.2) is 46.9 Å². The minimum Gasteiger partial charge on any atom is -0.290 e. The second kappa shape index (κ2) is 7.64. The van der Waals surface area contributed by atoms with Gasteiger partial charge in [0.25, 0.3) is 5.91 Å². The molecule has 3 N–H and O–H groups in total. The van der Waals surface area contributed by atoms with Gasteiger partial charge in [-0.25, -0.2) is 5.84 Å². The second-order valence-corrected chi connectivity index (χ2v) is 6.54. The molecule has 0 spiro atoms. The van der Waals surface area contributed by atoms with Gasteiger partial charge < -0.3 is 0 Å². The van der Waals surface area contributed by atoms with Crippen molar-refractivity contribution < 1.29 is 4.79 Å². The highest BCUT2D eigenvalue weighted by Crippen LogP contribution is 2.25. The molecular formula is C16H17BrN2OS. The molecular weight excluding hydrogens is 348 g/mol. The van der Waals surface area contributed by atoms with Gasteiger partial charge in [0.2, 0.25) is 0 Å². The van der Waals surface area contributed by atoms with Gasteiger partial charge in [0, 0.05) is 21.5 Å². The van der Waals surface area contributed by atoms with E-state index in [0.29, 0.717) is 5.56 Å².